The molecule has 1 heterocycles. The number of carbonyl (C=O) groups excluding carboxylic acids is 2. The fraction of sp³-hybridized carbons (Fsp3) is 0.200. The van der Waals surface area contributed by atoms with Crippen LogP contribution in [0.15, 0.2) is 29.2 Å². The van der Waals surface area contributed by atoms with Gasteiger partial charge in [0.15, 0.2) is 0 Å². The summed E-state index contributed by atoms with van der Waals surface area (Å²) in [5.41, 5.74) is 5.36. The maximum absolute atomic E-state index is 12.5. The highest BCUT2D eigenvalue weighted by atomic mass is 32.2. The monoisotopic (exact) mass is 411 g/mol. The molecule has 0 atom stereocenters. The van der Waals surface area contributed by atoms with E-state index < -0.39 is 26.9 Å². The minimum Gasteiger partial charge on any atom is -0.481 e. The van der Waals surface area contributed by atoms with Crippen molar-refractivity contribution in [2.45, 2.75) is 4.90 Å². The molecular formula is C15H17N5O7S. The van der Waals surface area contributed by atoms with Crippen molar-refractivity contribution in [3.63, 3.8) is 0 Å². The Kier molecular flexibility index (Phi) is 6.20. The molecular weight excluding hydrogens is 394 g/mol. The largest absolute Gasteiger partial charge is 0.481 e. The molecule has 0 saturated carbocycles. The van der Waals surface area contributed by atoms with Crippen LogP contribution >= 0.6 is 0 Å². The molecule has 2 rings (SSSR count). The third-order valence-electron chi connectivity index (χ3n) is 3.25. The number of carbonyl (C=O) groups is 2. The summed E-state index contributed by atoms with van der Waals surface area (Å²) in [6, 6.07) is 3.68. The fourth-order valence-electron chi connectivity index (χ4n) is 2.01. The highest BCUT2D eigenvalue weighted by Gasteiger charge is 2.26. The predicted octanol–water partition coefficient (Wildman–Crippen LogP) is 0.373. The first-order valence-electron chi connectivity index (χ1n) is 7.49. The number of nitrogens with zero attached hydrogens (tertiary/aromatic N) is 2. The van der Waals surface area contributed by atoms with Gasteiger partial charge < -0.3 is 19.9 Å². The molecule has 0 spiro atoms. The number of anilines is 2. The number of urea groups is 1. The molecule has 4 N–H and O–H groups in total. The number of methoxy groups -OCH3 is 3. The SMILES string of the molecule is COC(=O)c1ccc(N)cc1S(=O)(=O)NC(=O)Nc1nc(OC)cc(OC)n1. The van der Waals surface area contributed by atoms with Crippen LogP contribution in [0.5, 0.6) is 11.8 Å². The van der Waals surface area contributed by atoms with Gasteiger partial charge in [-0.3, -0.25) is 5.32 Å². The molecule has 0 radical (unpaired) electrons. The van der Waals surface area contributed by atoms with Crippen molar-refractivity contribution in [2.75, 3.05) is 32.4 Å². The van der Waals surface area contributed by atoms with Crippen LogP contribution in [0.4, 0.5) is 16.4 Å². The third-order valence-corrected chi connectivity index (χ3v) is 4.62. The van der Waals surface area contributed by atoms with Crippen LogP contribution in [0.25, 0.3) is 0 Å². The molecule has 0 aliphatic carbocycles. The Labute approximate surface area is 160 Å². The molecule has 2 aromatic rings. The third kappa shape index (κ3) is 4.76. The second-order valence-corrected chi connectivity index (χ2v) is 6.73. The first-order chi connectivity index (χ1) is 13.2. The highest BCUT2D eigenvalue weighted by Crippen LogP contribution is 2.21. The molecule has 0 aliphatic rings. The maximum atomic E-state index is 12.5. The van der Waals surface area contributed by atoms with Crippen LogP contribution in [0.3, 0.4) is 0 Å². The Hall–Kier alpha value is -3.61. The average molecular weight is 411 g/mol. The number of hydrogen-bond donors (Lipinski definition) is 3. The Morgan fingerprint density at radius 2 is 1.64 bits per heavy atom. The molecule has 150 valence electrons. The highest BCUT2D eigenvalue weighted by molar-refractivity contribution is 7.90. The number of esters is 1. The zero-order valence-corrected chi connectivity index (χ0v) is 15.9. The number of nitrogens with one attached hydrogen (secondary N) is 2. The van der Waals surface area contributed by atoms with E-state index in [1.165, 1.54) is 32.4 Å². The van der Waals surface area contributed by atoms with Crippen molar-refractivity contribution in [1.29, 1.82) is 0 Å². The number of ether oxygens (including phenoxy) is 3. The smallest absolute Gasteiger partial charge is 0.339 e. The number of hydrogen-bond acceptors (Lipinski definition) is 10. The minimum atomic E-state index is -4.48. The van der Waals surface area contributed by atoms with E-state index in [4.69, 9.17) is 15.2 Å². The average Bonchev–Trinajstić information content (AvgIpc) is 2.66. The lowest BCUT2D eigenvalue weighted by atomic mass is 10.2. The Balaban J connectivity index is 2.29. The summed E-state index contributed by atoms with van der Waals surface area (Å²) in [6.07, 6.45) is 0. The van der Waals surface area contributed by atoms with Gasteiger partial charge in [0.1, 0.15) is 4.90 Å². The molecule has 0 unspecified atom stereocenters. The van der Waals surface area contributed by atoms with E-state index in [1.54, 1.807) is 4.72 Å². The lowest BCUT2D eigenvalue weighted by Gasteiger charge is -2.12. The lowest BCUT2D eigenvalue weighted by molar-refractivity contribution is 0.0596. The van der Waals surface area contributed by atoms with Crippen molar-refractivity contribution in [3.8, 4) is 11.8 Å². The zero-order chi connectivity index (χ0) is 20.9. The van der Waals surface area contributed by atoms with Crippen molar-refractivity contribution in [3.05, 3.63) is 29.8 Å². The second-order valence-electron chi connectivity index (χ2n) is 5.08. The quantitative estimate of drug-likeness (QED) is 0.445. The molecule has 1 aromatic carbocycles. The second kappa shape index (κ2) is 8.39. The Bertz CT molecular complexity index is 988. The van der Waals surface area contributed by atoms with E-state index in [9.17, 15) is 18.0 Å². The summed E-state index contributed by atoms with van der Waals surface area (Å²) in [7, 11) is -0.719. The summed E-state index contributed by atoms with van der Waals surface area (Å²) in [5.74, 6) is -1.03. The molecule has 28 heavy (non-hydrogen) atoms. The van der Waals surface area contributed by atoms with E-state index in [1.807, 2.05) is 0 Å². The normalized spacial score (nSPS) is 10.7. The van der Waals surface area contributed by atoms with Crippen molar-refractivity contribution < 1.29 is 32.2 Å². The zero-order valence-electron chi connectivity index (χ0n) is 15.0. The van der Waals surface area contributed by atoms with Crippen LogP contribution in [0.2, 0.25) is 0 Å². The Morgan fingerprint density at radius 3 is 2.18 bits per heavy atom. The molecule has 12 nitrogen and oxygen atoms in total. The van der Waals surface area contributed by atoms with E-state index >= 15 is 0 Å². The van der Waals surface area contributed by atoms with Gasteiger partial charge in [-0.25, -0.2) is 22.7 Å². The van der Waals surface area contributed by atoms with Gasteiger partial charge in [-0.2, -0.15) is 9.97 Å². The van der Waals surface area contributed by atoms with Crippen LogP contribution in [-0.4, -0.2) is 51.7 Å². The van der Waals surface area contributed by atoms with Crippen molar-refractivity contribution in [1.82, 2.24) is 14.7 Å². The van der Waals surface area contributed by atoms with E-state index in [0.29, 0.717) is 0 Å². The summed E-state index contributed by atoms with van der Waals surface area (Å²) in [5, 5.41) is 2.14. The number of nitrogen functional groups attached to an aromatic ring is 1. The number of nitrogens with two attached hydrogens (primary N) is 1. The van der Waals surface area contributed by atoms with Gasteiger partial charge in [0.2, 0.25) is 17.7 Å². The predicted molar refractivity (Wildman–Crippen MR) is 96.7 cm³/mol. The van der Waals surface area contributed by atoms with Gasteiger partial charge in [-0.05, 0) is 18.2 Å². The van der Waals surface area contributed by atoms with Crippen LogP contribution < -0.4 is 25.2 Å². The number of sulfonamides is 1. The molecule has 13 heteroatoms. The first kappa shape index (κ1) is 20.7. The maximum Gasteiger partial charge on any atom is 0.339 e. The van der Waals surface area contributed by atoms with E-state index in [0.717, 1.165) is 13.2 Å². The lowest BCUT2D eigenvalue weighted by Crippen LogP contribution is -2.35. The number of amides is 2. The molecule has 0 aliphatic heterocycles. The van der Waals surface area contributed by atoms with E-state index in [2.05, 4.69) is 20.0 Å². The van der Waals surface area contributed by atoms with Gasteiger partial charge in [0.05, 0.1) is 33.0 Å². The van der Waals surface area contributed by atoms with Crippen molar-refractivity contribution >= 4 is 33.7 Å². The van der Waals surface area contributed by atoms with E-state index in [-0.39, 0.29) is 29.0 Å². The molecule has 0 bridgehead atoms. The molecule has 0 saturated heterocycles. The standard InChI is InChI=1S/C15H17N5O7S/c1-25-11-7-12(26-2)18-14(17-11)19-15(22)20-28(23,24)10-6-8(16)4-5-9(10)13(21)27-3/h4-7H,16H2,1-3H3,(H2,17,18,19,20,22). The molecule has 0 fully saturated rings. The summed E-state index contributed by atoms with van der Waals surface area (Å²) < 4.78 is 41.2. The number of aromatic nitrogens is 2. The summed E-state index contributed by atoms with van der Waals surface area (Å²) >= 11 is 0. The minimum absolute atomic E-state index is 0.0642. The van der Waals surface area contributed by atoms with Gasteiger partial charge in [0, 0.05) is 5.69 Å². The Morgan fingerprint density at radius 1 is 1.04 bits per heavy atom. The van der Waals surface area contributed by atoms with Crippen molar-refractivity contribution in [2.24, 2.45) is 0 Å². The number of benzene rings is 1. The summed E-state index contributed by atoms with van der Waals surface area (Å²) in [4.78, 5) is 31.1. The fourth-order valence-corrected chi connectivity index (χ4v) is 3.15. The van der Waals surface area contributed by atoms with Crippen LogP contribution in [0.1, 0.15) is 10.4 Å². The van der Waals surface area contributed by atoms with Crippen LogP contribution in [0, 0.1) is 0 Å². The van der Waals surface area contributed by atoms with Gasteiger partial charge in [-0.15, -0.1) is 0 Å². The summed E-state index contributed by atoms with van der Waals surface area (Å²) in [6.45, 7) is 0. The van der Waals surface area contributed by atoms with Gasteiger partial charge in [0.25, 0.3) is 10.0 Å². The van der Waals surface area contributed by atoms with Gasteiger partial charge >= 0.3 is 12.0 Å². The first-order valence-corrected chi connectivity index (χ1v) is 8.97. The topological polar surface area (TPSA) is 172 Å². The van der Waals surface area contributed by atoms with Crippen LogP contribution in [-0.2, 0) is 14.8 Å². The number of rotatable bonds is 6. The van der Waals surface area contributed by atoms with Gasteiger partial charge in [-0.1, -0.05) is 0 Å². The molecule has 2 amide bonds. The molecule has 1 aromatic heterocycles.